The summed E-state index contributed by atoms with van der Waals surface area (Å²) in [4.78, 5) is 30.6. The molecular formula is C19H21N5O3. The van der Waals surface area contributed by atoms with E-state index in [0.717, 1.165) is 5.69 Å². The summed E-state index contributed by atoms with van der Waals surface area (Å²) in [5, 5.41) is 0. The lowest BCUT2D eigenvalue weighted by Gasteiger charge is -2.19. The maximum absolute atomic E-state index is 12.1. The highest BCUT2D eigenvalue weighted by atomic mass is 16.6. The van der Waals surface area contributed by atoms with Crippen LogP contribution in [0.15, 0.2) is 47.5 Å². The zero-order valence-corrected chi connectivity index (χ0v) is 15.3. The number of hydrogen-bond donors (Lipinski definition) is 3. The Kier molecular flexibility index (Phi) is 4.49. The van der Waals surface area contributed by atoms with Gasteiger partial charge in [0.25, 0.3) is 5.56 Å². The predicted octanol–water partition coefficient (Wildman–Crippen LogP) is 2.35. The van der Waals surface area contributed by atoms with Gasteiger partial charge < -0.3 is 20.8 Å². The molecule has 0 radical (unpaired) electrons. The van der Waals surface area contributed by atoms with E-state index in [1.54, 1.807) is 42.7 Å². The molecule has 27 heavy (non-hydrogen) atoms. The van der Waals surface area contributed by atoms with Gasteiger partial charge in [0.15, 0.2) is 0 Å². The minimum atomic E-state index is -0.550. The summed E-state index contributed by atoms with van der Waals surface area (Å²) < 4.78 is 7.16. The SMILES string of the molecule is CC(C)(C)OC(=O)c1ccc(-n2ccc(-c3c(N)nc(N)[nH]c3=O)c2)cc1. The number of H-pyrrole nitrogens is 1. The van der Waals surface area contributed by atoms with E-state index in [0.29, 0.717) is 11.1 Å². The van der Waals surface area contributed by atoms with Crippen LogP contribution in [0.25, 0.3) is 16.8 Å². The van der Waals surface area contributed by atoms with Crippen LogP contribution in [-0.4, -0.2) is 26.1 Å². The molecule has 0 saturated carbocycles. The van der Waals surface area contributed by atoms with Crippen LogP contribution in [0.5, 0.6) is 0 Å². The number of rotatable bonds is 3. The summed E-state index contributed by atoms with van der Waals surface area (Å²) in [5.41, 5.74) is 12.5. The van der Waals surface area contributed by atoms with Crippen molar-refractivity contribution in [3.63, 3.8) is 0 Å². The molecule has 0 atom stereocenters. The van der Waals surface area contributed by atoms with Gasteiger partial charge in [-0.05, 0) is 51.1 Å². The maximum Gasteiger partial charge on any atom is 0.338 e. The number of nitrogen functional groups attached to an aromatic ring is 2. The van der Waals surface area contributed by atoms with Gasteiger partial charge in [0.1, 0.15) is 11.4 Å². The van der Waals surface area contributed by atoms with E-state index in [9.17, 15) is 9.59 Å². The first-order valence-electron chi connectivity index (χ1n) is 8.31. The van der Waals surface area contributed by atoms with Gasteiger partial charge in [-0.2, -0.15) is 4.98 Å². The number of ether oxygens (including phenoxy) is 1. The van der Waals surface area contributed by atoms with Crippen LogP contribution in [0.4, 0.5) is 11.8 Å². The molecule has 0 unspecified atom stereocenters. The number of carbonyl (C=O) groups excluding carboxylic acids is 1. The number of esters is 1. The first-order valence-corrected chi connectivity index (χ1v) is 8.31. The molecule has 0 aliphatic carbocycles. The number of aromatic amines is 1. The van der Waals surface area contributed by atoms with Gasteiger partial charge in [-0.1, -0.05) is 0 Å². The Bertz CT molecular complexity index is 1040. The zero-order chi connectivity index (χ0) is 19.8. The molecule has 0 bridgehead atoms. The zero-order valence-electron chi connectivity index (χ0n) is 15.3. The van der Waals surface area contributed by atoms with Crippen molar-refractivity contribution >= 4 is 17.7 Å². The summed E-state index contributed by atoms with van der Waals surface area (Å²) in [6, 6.07) is 8.71. The quantitative estimate of drug-likeness (QED) is 0.609. The molecule has 5 N–H and O–H groups in total. The third-order valence-corrected chi connectivity index (χ3v) is 3.75. The highest BCUT2D eigenvalue weighted by Crippen LogP contribution is 2.23. The van der Waals surface area contributed by atoms with E-state index in [4.69, 9.17) is 16.2 Å². The molecule has 0 aliphatic rings. The monoisotopic (exact) mass is 367 g/mol. The normalized spacial score (nSPS) is 11.4. The molecule has 8 heteroatoms. The molecule has 140 valence electrons. The molecule has 0 fully saturated rings. The molecule has 0 saturated heterocycles. The number of benzene rings is 1. The largest absolute Gasteiger partial charge is 0.456 e. The second-order valence-corrected chi connectivity index (χ2v) is 7.07. The Morgan fingerprint density at radius 1 is 1.15 bits per heavy atom. The lowest BCUT2D eigenvalue weighted by atomic mass is 10.1. The van der Waals surface area contributed by atoms with Gasteiger partial charge in [-0.25, -0.2) is 4.79 Å². The highest BCUT2D eigenvalue weighted by molar-refractivity contribution is 5.89. The van der Waals surface area contributed by atoms with E-state index in [1.807, 2.05) is 25.3 Å². The lowest BCUT2D eigenvalue weighted by molar-refractivity contribution is 0.00695. The average molecular weight is 367 g/mol. The summed E-state index contributed by atoms with van der Waals surface area (Å²) in [5.74, 6) is -0.345. The number of carbonyl (C=O) groups is 1. The summed E-state index contributed by atoms with van der Waals surface area (Å²) in [7, 11) is 0. The molecular weight excluding hydrogens is 346 g/mol. The number of hydrogen-bond acceptors (Lipinski definition) is 6. The van der Waals surface area contributed by atoms with Crippen molar-refractivity contribution in [2.45, 2.75) is 26.4 Å². The van der Waals surface area contributed by atoms with Gasteiger partial charge in [0, 0.05) is 23.6 Å². The van der Waals surface area contributed by atoms with Gasteiger partial charge in [-0.15, -0.1) is 0 Å². The first kappa shape index (κ1) is 18.2. The van der Waals surface area contributed by atoms with Crippen LogP contribution in [0.2, 0.25) is 0 Å². The van der Waals surface area contributed by atoms with Crippen LogP contribution >= 0.6 is 0 Å². The Hall–Kier alpha value is -3.55. The van der Waals surface area contributed by atoms with Crippen LogP contribution in [0.1, 0.15) is 31.1 Å². The number of aromatic nitrogens is 3. The van der Waals surface area contributed by atoms with Crippen LogP contribution in [0.3, 0.4) is 0 Å². The second kappa shape index (κ2) is 6.64. The number of nitrogens with two attached hydrogens (primary N) is 2. The maximum atomic E-state index is 12.1. The molecule has 2 heterocycles. The van der Waals surface area contributed by atoms with Crippen molar-refractivity contribution in [3.05, 3.63) is 58.6 Å². The molecule has 0 amide bonds. The van der Waals surface area contributed by atoms with Crippen molar-refractivity contribution in [1.82, 2.24) is 14.5 Å². The van der Waals surface area contributed by atoms with E-state index in [1.165, 1.54) is 0 Å². The molecule has 8 nitrogen and oxygen atoms in total. The Morgan fingerprint density at radius 3 is 2.41 bits per heavy atom. The third-order valence-electron chi connectivity index (χ3n) is 3.75. The van der Waals surface area contributed by atoms with Gasteiger partial charge in [-0.3, -0.25) is 9.78 Å². The summed E-state index contributed by atoms with van der Waals surface area (Å²) >= 11 is 0. The van der Waals surface area contributed by atoms with E-state index in [2.05, 4.69) is 9.97 Å². The Labute approximate surface area is 155 Å². The van der Waals surface area contributed by atoms with Crippen molar-refractivity contribution < 1.29 is 9.53 Å². The van der Waals surface area contributed by atoms with Crippen LogP contribution < -0.4 is 17.0 Å². The fraction of sp³-hybridized carbons (Fsp3) is 0.211. The number of anilines is 2. The van der Waals surface area contributed by atoms with Crippen molar-refractivity contribution in [1.29, 1.82) is 0 Å². The molecule has 3 aromatic rings. The van der Waals surface area contributed by atoms with Crippen LogP contribution in [0, 0.1) is 0 Å². The highest BCUT2D eigenvalue weighted by Gasteiger charge is 2.18. The van der Waals surface area contributed by atoms with Crippen molar-refractivity contribution in [3.8, 4) is 16.8 Å². The molecule has 3 rings (SSSR count). The topological polar surface area (TPSA) is 129 Å². The van der Waals surface area contributed by atoms with E-state index in [-0.39, 0.29) is 23.3 Å². The standard InChI is InChI=1S/C19H21N5O3/c1-19(2,3)27-17(26)11-4-6-13(7-5-11)24-9-8-12(10-24)14-15(20)22-18(21)23-16(14)25/h4-10H,1-3H3,(H5,20,21,22,23,25). The molecule has 0 aliphatic heterocycles. The molecule has 2 aromatic heterocycles. The molecule has 0 spiro atoms. The summed E-state index contributed by atoms with van der Waals surface area (Å²) in [6.45, 7) is 5.46. The van der Waals surface area contributed by atoms with E-state index >= 15 is 0 Å². The fourth-order valence-corrected chi connectivity index (χ4v) is 2.60. The Balaban J connectivity index is 1.87. The van der Waals surface area contributed by atoms with E-state index < -0.39 is 11.2 Å². The van der Waals surface area contributed by atoms with Crippen LogP contribution in [-0.2, 0) is 4.74 Å². The third kappa shape index (κ3) is 4.00. The van der Waals surface area contributed by atoms with Crippen molar-refractivity contribution in [2.75, 3.05) is 11.5 Å². The average Bonchev–Trinajstić information content (AvgIpc) is 3.02. The van der Waals surface area contributed by atoms with Gasteiger partial charge in [0.2, 0.25) is 5.95 Å². The summed E-state index contributed by atoms with van der Waals surface area (Å²) in [6.07, 6.45) is 3.54. The number of nitrogens with one attached hydrogen (secondary N) is 1. The fourth-order valence-electron chi connectivity index (χ4n) is 2.60. The van der Waals surface area contributed by atoms with Gasteiger partial charge in [0.05, 0.1) is 11.1 Å². The minimum Gasteiger partial charge on any atom is -0.456 e. The first-order chi connectivity index (χ1) is 12.6. The smallest absolute Gasteiger partial charge is 0.338 e. The lowest BCUT2D eigenvalue weighted by Crippen LogP contribution is -2.23. The number of nitrogens with zero attached hydrogens (tertiary/aromatic N) is 2. The molecule has 1 aromatic carbocycles. The van der Waals surface area contributed by atoms with Crippen molar-refractivity contribution in [2.24, 2.45) is 0 Å². The Morgan fingerprint density at radius 2 is 1.81 bits per heavy atom. The second-order valence-electron chi connectivity index (χ2n) is 7.07. The van der Waals surface area contributed by atoms with Gasteiger partial charge >= 0.3 is 5.97 Å². The minimum absolute atomic E-state index is 0.0292. The predicted molar refractivity (Wildman–Crippen MR) is 104 cm³/mol.